The quantitative estimate of drug-likeness (QED) is 0.512. The molecule has 1 fully saturated rings. The summed E-state index contributed by atoms with van der Waals surface area (Å²) in [7, 11) is 0. The van der Waals surface area contributed by atoms with Crippen molar-refractivity contribution in [1.82, 2.24) is 0 Å². The zero-order valence-electron chi connectivity index (χ0n) is 16.8. The lowest BCUT2D eigenvalue weighted by molar-refractivity contribution is -0.121. The summed E-state index contributed by atoms with van der Waals surface area (Å²) >= 11 is 0. The number of nitrogens with two attached hydrogens (primary N) is 1. The molecule has 28 heavy (non-hydrogen) atoms. The third-order valence-electron chi connectivity index (χ3n) is 5.59. The van der Waals surface area contributed by atoms with Crippen molar-refractivity contribution in [3.05, 3.63) is 47.0 Å². The van der Waals surface area contributed by atoms with Gasteiger partial charge in [0.25, 0.3) is 0 Å². The van der Waals surface area contributed by atoms with E-state index in [-0.39, 0.29) is 35.9 Å². The number of Topliss-reactive ketones (excluding diaryl/α,β-unsaturated/α-hetero) is 3. The first-order chi connectivity index (χ1) is 13.2. The van der Waals surface area contributed by atoms with Gasteiger partial charge >= 0.3 is 0 Å². The normalized spacial score (nSPS) is 15.6. The van der Waals surface area contributed by atoms with Crippen LogP contribution in [0.2, 0.25) is 0 Å². The fraction of sp³-hybridized carbons (Fsp3) is 0.478. The lowest BCUT2D eigenvalue weighted by Gasteiger charge is -2.26. The van der Waals surface area contributed by atoms with Gasteiger partial charge in [-0.3, -0.25) is 14.4 Å². The Morgan fingerprint density at radius 1 is 1.11 bits per heavy atom. The molecule has 5 heteroatoms. The Labute approximate surface area is 166 Å². The van der Waals surface area contributed by atoms with Gasteiger partial charge in [-0.1, -0.05) is 44.0 Å². The van der Waals surface area contributed by atoms with E-state index in [1.807, 2.05) is 12.1 Å². The molecule has 0 radical (unpaired) electrons. The van der Waals surface area contributed by atoms with Crippen molar-refractivity contribution >= 4 is 23.3 Å². The molecule has 1 saturated carbocycles. The van der Waals surface area contributed by atoms with Crippen LogP contribution in [0.3, 0.4) is 0 Å². The van der Waals surface area contributed by atoms with Crippen LogP contribution in [0.5, 0.6) is 0 Å². The fourth-order valence-corrected chi connectivity index (χ4v) is 4.03. The number of benzene rings is 1. The molecule has 5 nitrogen and oxygen atoms in total. The van der Waals surface area contributed by atoms with Gasteiger partial charge in [-0.2, -0.15) is 0 Å². The Morgan fingerprint density at radius 2 is 1.75 bits per heavy atom. The SMILES string of the molecule is C=C(C(=O)c1c(C(C)=O)cccc1C1CCCCC1)C(CCC(C)=O)C(N)=O. The molecular weight excluding hydrogens is 354 g/mol. The minimum absolute atomic E-state index is 0.0551. The van der Waals surface area contributed by atoms with Gasteiger partial charge in [0.1, 0.15) is 5.78 Å². The van der Waals surface area contributed by atoms with Crippen LogP contribution in [-0.4, -0.2) is 23.3 Å². The summed E-state index contributed by atoms with van der Waals surface area (Å²) < 4.78 is 0. The van der Waals surface area contributed by atoms with E-state index in [0.717, 1.165) is 31.2 Å². The second kappa shape index (κ2) is 9.58. The van der Waals surface area contributed by atoms with Crippen LogP contribution in [0.4, 0.5) is 0 Å². The molecular formula is C23H29NO4. The van der Waals surface area contributed by atoms with Gasteiger partial charge in [0, 0.05) is 23.1 Å². The summed E-state index contributed by atoms with van der Waals surface area (Å²) in [5.74, 6) is -2.09. The standard InChI is InChI=1S/C23H29NO4/c1-14(25)12-13-18(23(24)28)15(2)22(27)21-19(16(3)26)10-7-11-20(21)17-8-5-4-6-9-17/h7,10-11,17-18H,2,4-6,8-9,12-13H2,1,3H3,(H2,24,28). The molecule has 1 aliphatic carbocycles. The minimum Gasteiger partial charge on any atom is -0.369 e. The zero-order chi connectivity index (χ0) is 20.8. The van der Waals surface area contributed by atoms with Gasteiger partial charge in [-0.05, 0) is 44.6 Å². The van der Waals surface area contributed by atoms with Gasteiger partial charge in [0.15, 0.2) is 11.6 Å². The number of hydrogen-bond acceptors (Lipinski definition) is 4. The topological polar surface area (TPSA) is 94.3 Å². The second-order valence-electron chi connectivity index (χ2n) is 7.71. The fourth-order valence-electron chi connectivity index (χ4n) is 4.03. The van der Waals surface area contributed by atoms with Crippen LogP contribution in [0.15, 0.2) is 30.4 Å². The first-order valence-corrected chi connectivity index (χ1v) is 9.90. The van der Waals surface area contributed by atoms with Gasteiger partial charge < -0.3 is 10.5 Å². The first kappa shape index (κ1) is 21.7. The van der Waals surface area contributed by atoms with E-state index in [2.05, 4.69) is 6.58 Å². The predicted octanol–water partition coefficient (Wildman–Crippen LogP) is 4.15. The van der Waals surface area contributed by atoms with E-state index in [1.54, 1.807) is 6.07 Å². The molecule has 0 spiro atoms. The number of carbonyl (C=O) groups excluding carboxylic acids is 4. The van der Waals surface area contributed by atoms with E-state index in [0.29, 0.717) is 11.1 Å². The smallest absolute Gasteiger partial charge is 0.225 e. The number of carbonyl (C=O) groups is 4. The molecule has 1 atom stereocenters. The first-order valence-electron chi connectivity index (χ1n) is 9.90. The zero-order valence-corrected chi connectivity index (χ0v) is 16.8. The summed E-state index contributed by atoms with van der Waals surface area (Å²) in [4.78, 5) is 48.9. The molecule has 2 N–H and O–H groups in total. The van der Waals surface area contributed by atoms with E-state index in [9.17, 15) is 19.2 Å². The molecule has 1 unspecified atom stereocenters. The van der Waals surface area contributed by atoms with Crippen LogP contribution in [0, 0.1) is 5.92 Å². The van der Waals surface area contributed by atoms with Crippen molar-refractivity contribution in [2.75, 3.05) is 0 Å². The monoisotopic (exact) mass is 383 g/mol. The lowest BCUT2D eigenvalue weighted by Crippen LogP contribution is -2.29. The van der Waals surface area contributed by atoms with Crippen molar-refractivity contribution in [2.45, 2.75) is 64.7 Å². The average molecular weight is 383 g/mol. The Bertz CT molecular complexity index is 803. The number of primary amides is 1. The van der Waals surface area contributed by atoms with Crippen molar-refractivity contribution in [2.24, 2.45) is 11.7 Å². The minimum atomic E-state index is -0.921. The van der Waals surface area contributed by atoms with Crippen molar-refractivity contribution in [3.63, 3.8) is 0 Å². The number of amides is 1. The number of ketones is 3. The molecule has 1 amide bonds. The molecule has 2 rings (SSSR count). The van der Waals surface area contributed by atoms with Crippen molar-refractivity contribution in [1.29, 1.82) is 0 Å². The maximum absolute atomic E-state index is 13.4. The lowest BCUT2D eigenvalue weighted by atomic mass is 9.77. The Kier molecular flexibility index (Phi) is 7.44. The summed E-state index contributed by atoms with van der Waals surface area (Å²) in [5, 5.41) is 0. The third-order valence-corrected chi connectivity index (χ3v) is 5.59. The Hall–Kier alpha value is -2.56. The van der Waals surface area contributed by atoms with E-state index in [1.165, 1.54) is 20.3 Å². The second-order valence-corrected chi connectivity index (χ2v) is 7.71. The molecule has 1 aromatic rings. The highest BCUT2D eigenvalue weighted by molar-refractivity contribution is 6.17. The van der Waals surface area contributed by atoms with Crippen LogP contribution in [-0.2, 0) is 9.59 Å². The largest absolute Gasteiger partial charge is 0.369 e. The summed E-state index contributed by atoms with van der Waals surface area (Å²) in [6.07, 6.45) is 5.58. The van der Waals surface area contributed by atoms with E-state index in [4.69, 9.17) is 5.73 Å². The molecule has 1 aliphatic rings. The highest BCUT2D eigenvalue weighted by atomic mass is 16.2. The molecule has 1 aromatic carbocycles. The molecule has 0 bridgehead atoms. The van der Waals surface area contributed by atoms with Crippen molar-refractivity contribution < 1.29 is 19.2 Å². The van der Waals surface area contributed by atoms with E-state index < -0.39 is 17.6 Å². The summed E-state index contributed by atoms with van der Waals surface area (Å²) in [6.45, 7) is 6.70. The third kappa shape index (κ3) is 5.03. The molecule has 150 valence electrons. The van der Waals surface area contributed by atoms with Crippen LogP contribution >= 0.6 is 0 Å². The van der Waals surface area contributed by atoms with E-state index >= 15 is 0 Å². The van der Waals surface area contributed by atoms with Gasteiger partial charge in [-0.15, -0.1) is 0 Å². The summed E-state index contributed by atoms with van der Waals surface area (Å²) in [5.41, 5.74) is 7.10. The number of rotatable bonds is 9. The van der Waals surface area contributed by atoms with Gasteiger partial charge in [0.05, 0.1) is 5.92 Å². The maximum atomic E-state index is 13.4. The Balaban J connectivity index is 2.46. The molecule has 0 heterocycles. The van der Waals surface area contributed by atoms with Gasteiger partial charge in [0.2, 0.25) is 5.91 Å². The van der Waals surface area contributed by atoms with Crippen LogP contribution < -0.4 is 5.73 Å². The average Bonchev–Trinajstić information content (AvgIpc) is 2.66. The highest BCUT2D eigenvalue weighted by Crippen LogP contribution is 2.37. The predicted molar refractivity (Wildman–Crippen MR) is 108 cm³/mol. The van der Waals surface area contributed by atoms with Crippen molar-refractivity contribution in [3.8, 4) is 0 Å². The Morgan fingerprint density at radius 3 is 2.29 bits per heavy atom. The van der Waals surface area contributed by atoms with Crippen LogP contribution in [0.1, 0.15) is 91.0 Å². The molecule has 0 aliphatic heterocycles. The molecule has 0 saturated heterocycles. The summed E-state index contributed by atoms with van der Waals surface area (Å²) in [6, 6.07) is 5.35. The maximum Gasteiger partial charge on any atom is 0.225 e. The van der Waals surface area contributed by atoms with Crippen LogP contribution in [0.25, 0.3) is 0 Å². The number of hydrogen-bond donors (Lipinski definition) is 1. The molecule has 0 aromatic heterocycles. The highest BCUT2D eigenvalue weighted by Gasteiger charge is 2.31. The van der Waals surface area contributed by atoms with Gasteiger partial charge in [-0.25, -0.2) is 0 Å².